The van der Waals surface area contributed by atoms with Gasteiger partial charge in [0.15, 0.2) is 0 Å². The molecule has 0 radical (unpaired) electrons. The molecule has 1 amide bonds. The predicted molar refractivity (Wildman–Crippen MR) is 44.8 cm³/mol. The third kappa shape index (κ3) is 2.67. The van der Waals surface area contributed by atoms with Crippen LogP contribution in [0.15, 0.2) is 22.8 Å². The maximum atomic E-state index is 9.91. The Bertz CT molecular complexity index is 252. The summed E-state index contributed by atoms with van der Waals surface area (Å²) in [5.74, 6) is 0. The van der Waals surface area contributed by atoms with E-state index in [1.165, 1.54) is 0 Å². The van der Waals surface area contributed by atoms with Gasteiger partial charge in [-0.05, 0) is 28.1 Å². The molecule has 0 aliphatic carbocycles. The predicted octanol–water partition coefficient (Wildman–Crippen LogP) is 1.09. The Labute approximate surface area is 73.0 Å². The van der Waals surface area contributed by atoms with Gasteiger partial charge in [0.1, 0.15) is 4.60 Å². The number of rotatable bonds is 3. The lowest BCUT2D eigenvalue weighted by atomic mass is 10.3. The van der Waals surface area contributed by atoms with Crippen LogP contribution in [0.5, 0.6) is 0 Å². The van der Waals surface area contributed by atoms with Crippen molar-refractivity contribution in [3.63, 3.8) is 0 Å². The molecule has 3 nitrogen and oxygen atoms in total. The molecule has 4 heteroatoms. The van der Waals surface area contributed by atoms with Gasteiger partial charge in [0.05, 0.1) is 12.2 Å². The van der Waals surface area contributed by atoms with Crippen molar-refractivity contribution in [3.8, 4) is 0 Å². The Morgan fingerprint density at radius 2 is 2.45 bits per heavy atom. The van der Waals surface area contributed by atoms with E-state index in [2.05, 4.69) is 26.2 Å². The SMILES string of the molecule is O=CNCc1cccc(Br)n1. The first-order valence-corrected chi connectivity index (χ1v) is 3.90. The molecule has 0 aliphatic rings. The molecule has 0 fully saturated rings. The van der Waals surface area contributed by atoms with E-state index in [1.807, 2.05) is 18.2 Å². The van der Waals surface area contributed by atoms with Gasteiger partial charge in [-0.3, -0.25) is 4.79 Å². The lowest BCUT2D eigenvalue weighted by molar-refractivity contribution is -0.109. The van der Waals surface area contributed by atoms with Crippen LogP contribution in [0.2, 0.25) is 0 Å². The number of hydrogen-bond donors (Lipinski definition) is 1. The number of hydrogen-bond acceptors (Lipinski definition) is 2. The van der Waals surface area contributed by atoms with Gasteiger partial charge >= 0.3 is 0 Å². The zero-order valence-electron chi connectivity index (χ0n) is 5.75. The number of pyridine rings is 1. The van der Waals surface area contributed by atoms with Crippen LogP contribution in [-0.4, -0.2) is 11.4 Å². The van der Waals surface area contributed by atoms with Crippen LogP contribution >= 0.6 is 15.9 Å². The van der Waals surface area contributed by atoms with Crippen LogP contribution in [0.25, 0.3) is 0 Å². The molecule has 0 saturated carbocycles. The molecule has 1 N–H and O–H groups in total. The zero-order chi connectivity index (χ0) is 8.10. The highest BCUT2D eigenvalue weighted by Crippen LogP contribution is 2.05. The molecule has 58 valence electrons. The topological polar surface area (TPSA) is 42.0 Å². The van der Waals surface area contributed by atoms with E-state index in [9.17, 15) is 4.79 Å². The van der Waals surface area contributed by atoms with Crippen LogP contribution in [0.4, 0.5) is 0 Å². The van der Waals surface area contributed by atoms with Crippen LogP contribution in [0.1, 0.15) is 5.69 Å². The monoisotopic (exact) mass is 214 g/mol. The first-order chi connectivity index (χ1) is 5.33. The van der Waals surface area contributed by atoms with E-state index in [4.69, 9.17) is 0 Å². The summed E-state index contributed by atoms with van der Waals surface area (Å²) in [7, 11) is 0. The summed E-state index contributed by atoms with van der Waals surface area (Å²) < 4.78 is 0.780. The number of nitrogens with one attached hydrogen (secondary N) is 1. The number of carbonyl (C=O) groups is 1. The minimum absolute atomic E-state index is 0.475. The average Bonchev–Trinajstić information content (AvgIpc) is 2.01. The van der Waals surface area contributed by atoms with Crippen molar-refractivity contribution in [1.82, 2.24) is 10.3 Å². The molecule has 0 spiro atoms. The van der Waals surface area contributed by atoms with Crippen LogP contribution in [-0.2, 0) is 11.3 Å². The maximum absolute atomic E-state index is 9.91. The van der Waals surface area contributed by atoms with Gasteiger partial charge in [-0.1, -0.05) is 6.07 Å². The Morgan fingerprint density at radius 1 is 1.64 bits per heavy atom. The Morgan fingerprint density at radius 3 is 3.09 bits per heavy atom. The number of aromatic nitrogens is 1. The third-order valence-corrected chi connectivity index (χ3v) is 1.58. The molecule has 1 aromatic heterocycles. The fraction of sp³-hybridized carbons (Fsp3) is 0.143. The second-order valence-corrected chi connectivity index (χ2v) is 2.76. The highest BCUT2D eigenvalue weighted by molar-refractivity contribution is 9.10. The van der Waals surface area contributed by atoms with Gasteiger partial charge in [-0.25, -0.2) is 4.98 Å². The standard InChI is InChI=1S/C7H7BrN2O/c8-7-3-1-2-6(10-7)4-9-5-11/h1-3,5H,4H2,(H,9,11). The van der Waals surface area contributed by atoms with Crippen molar-refractivity contribution in [2.75, 3.05) is 0 Å². The molecule has 11 heavy (non-hydrogen) atoms. The molecule has 0 aromatic carbocycles. The molecule has 0 aliphatic heterocycles. The second-order valence-electron chi connectivity index (χ2n) is 1.95. The quantitative estimate of drug-likeness (QED) is 0.605. The number of amides is 1. The van der Waals surface area contributed by atoms with E-state index < -0.39 is 0 Å². The molecule has 1 rings (SSSR count). The number of carbonyl (C=O) groups excluding carboxylic acids is 1. The van der Waals surface area contributed by atoms with Crippen molar-refractivity contribution in [1.29, 1.82) is 0 Å². The fourth-order valence-electron chi connectivity index (χ4n) is 0.695. The lowest BCUT2D eigenvalue weighted by Gasteiger charge is -1.97. The first-order valence-electron chi connectivity index (χ1n) is 3.11. The summed E-state index contributed by atoms with van der Waals surface area (Å²) in [4.78, 5) is 14.0. The minimum atomic E-state index is 0.475. The molecule has 0 atom stereocenters. The van der Waals surface area contributed by atoms with Crippen LogP contribution < -0.4 is 5.32 Å². The molecule has 1 heterocycles. The zero-order valence-corrected chi connectivity index (χ0v) is 7.34. The van der Waals surface area contributed by atoms with Crippen LogP contribution in [0, 0.1) is 0 Å². The molecule has 0 unspecified atom stereocenters. The van der Waals surface area contributed by atoms with Gasteiger partial charge in [0, 0.05) is 0 Å². The first kappa shape index (κ1) is 8.20. The van der Waals surface area contributed by atoms with Crippen molar-refractivity contribution >= 4 is 22.3 Å². The number of halogens is 1. The van der Waals surface area contributed by atoms with Crippen LogP contribution in [0.3, 0.4) is 0 Å². The molecular weight excluding hydrogens is 208 g/mol. The van der Waals surface area contributed by atoms with E-state index in [0.717, 1.165) is 10.3 Å². The molecule has 0 bridgehead atoms. The molecule has 1 aromatic rings. The summed E-state index contributed by atoms with van der Waals surface area (Å²) >= 11 is 3.23. The Hall–Kier alpha value is -0.900. The Balaban J connectivity index is 2.63. The molecular formula is C7H7BrN2O. The summed E-state index contributed by atoms with van der Waals surface area (Å²) in [6.45, 7) is 0.475. The van der Waals surface area contributed by atoms with Crippen molar-refractivity contribution in [3.05, 3.63) is 28.5 Å². The van der Waals surface area contributed by atoms with E-state index in [1.54, 1.807) is 0 Å². The third-order valence-electron chi connectivity index (χ3n) is 1.14. The van der Waals surface area contributed by atoms with Crippen molar-refractivity contribution in [2.45, 2.75) is 6.54 Å². The van der Waals surface area contributed by atoms with Crippen molar-refractivity contribution < 1.29 is 4.79 Å². The van der Waals surface area contributed by atoms with Gasteiger partial charge in [-0.15, -0.1) is 0 Å². The highest BCUT2D eigenvalue weighted by Gasteiger charge is 1.92. The summed E-state index contributed by atoms with van der Waals surface area (Å²) in [6.07, 6.45) is 0.655. The Kier molecular flexibility index (Phi) is 3.04. The highest BCUT2D eigenvalue weighted by atomic mass is 79.9. The number of nitrogens with zero attached hydrogens (tertiary/aromatic N) is 1. The van der Waals surface area contributed by atoms with E-state index >= 15 is 0 Å². The normalized spacial score (nSPS) is 9.18. The maximum Gasteiger partial charge on any atom is 0.207 e. The lowest BCUT2D eigenvalue weighted by Crippen LogP contribution is -2.10. The fourth-order valence-corrected chi connectivity index (χ4v) is 1.08. The summed E-state index contributed by atoms with van der Waals surface area (Å²) in [5, 5.41) is 2.53. The van der Waals surface area contributed by atoms with Gasteiger partial charge < -0.3 is 5.32 Å². The van der Waals surface area contributed by atoms with E-state index in [0.29, 0.717) is 13.0 Å². The average molecular weight is 215 g/mol. The smallest absolute Gasteiger partial charge is 0.207 e. The van der Waals surface area contributed by atoms with E-state index in [-0.39, 0.29) is 0 Å². The largest absolute Gasteiger partial charge is 0.353 e. The second kappa shape index (κ2) is 4.08. The van der Waals surface area contributed by atoms with Gasteiger partial charge in [0.2, 0.25) is 6.41 Å². The summed E-state index contributed by atoms with van der Waals surface area (Å²) in [5.41, 5.74) is 0.839. The van der Waals surface area contributed by atoms with Gasteiger partial charge in [0.25, 0.3) is 0 Å². The van der Waals surface area contributed by atoms with Crippen molar-refractivity contribution in [2.24, 2.45) is 0 Å². The van der Waals surface area contributed by atoms with Gasteiger partial charge in [-0.2, -0.15) is 0 Å². The minimum Gasteiger partial charge on any atom is -0.353 e. The molecule has 0 saturated heterocycles. The summed E-state index contributed by atoms with van der Waals surface area (Å²) in [6, 6.07) is 5.56.